The van der Waals surface area contributed by atoms with E-state index < -0.39 is 0 Å². The lowest BCUT2D eigenvalue weighted by Gasteiger charge is -2.30. The molecule has 150 valence electrons. The highest BCUT2D eigenvalue weighted by Gasteiger charge is 2.15. The predicted octanol–water partition coefficient (Wildman–Crippen LogP) is 4.53. The van der Waals surface area contributed by atoms with Crippen molar-refractivity contribution in [1.29, 1.82) is 0 Å². The summed E-state index contributed by atoms with van der Waals surface area (Å²) in [6.07, 6.45) is 0.672. The number of ether oxygens (including phenoxy) is 2. The van der Waals surface area contributed by atoms with E-state index in [1.807, 2.05) is 36.4 Å². The minimum atomic E-state index is -0.234. The largest absolute Gasteiger partial charge is 0.492 e. The molecule has 2 N–H and O–H groups in total. The highest BCUT2D eigenvalue weighted by atomic mass is 79.9. The molecule has 0 aromatic heterocycles. The van der Waals surface area contributed by atoms with E-state index in [-0.39, 0.29) is 6.03 Å². The number of benzene rings is 2. The van der Waals surface area contributed by atoms with E-state index in [1.54, 1.807) is 6.07 Å². The maximum Gasteiger partial charge on any atom is 0.319 e. The van der Waals surface area contributed by atoms with E-state index in [2.05, 4.69) is 31.5 Å². The Hall–Kier alpha value is -1.96. The van der Waals surface area contributed by atoms with E-state index in [4.69, 9.17) is 21.1 Å². The molecule has 0 atom stereocenters. The molecule has 8 heteroatoms. The summed E-state index contributed by atoms with van der Waals surface area (Å²) in [5.41, 5.74) is 1.80. The van der Waals surface area contributed by atoms with E-state index in [0.717, 1.165) is 28.9 Å². The fourth-order valence-corrected chi connectivity index (χ4v) is 3.60. The first kappa shape index (κ1) is 20.8. The summed E-state index contributed by atoms with van der Waals surface area (Å²) in [6.45, 7) is 3.99. The highest BCUT2D eigenvalue weighted by Crippen LogP contribution is 2.28. The van der Waals surface area contributed by atoms with Gasteiger partial charge in [-0.25, -0.2) is 4.79 Å². The molecule has 1 aliphatic rings. The maximum atomic E-state index is 12.2. The number of carbonyl (C=O) groups is 1. The maximum absolute atomic E-state index is 12.2. The molecule has 2 amide bonds. The number of para-hydroxylation sites is 2. The van der Waals surface area contributed by atoms with Gasteiger partial charge in [-0.2, -0.15) is 0 Å². The molecule has 1 heterocycles. The topological polar surface area (TPSA) is 62.8 Å². The number of rotatable bonds is 7. The van der Waals surface area contributed by atoms with Crippen LogP contribution in [0.15, 0.2) is 46.9 Å². The number of nitrogens with one attached hydrogen (secondary N) is 2. The number of morpholine rings is 1. The smallest absolute Gasteiger partial charge is 0.319 e. The fourth-order valence-electron chi connectivity index (χ4n) is 2.87. The predicted molar refractivity (Wildman–Crippen MR) is 116 cm³/mol. The Labute approximate surface area is 178 Å². The molecule has 2 aromatic carbocycles. The van der Waals surface area contributed by atoms with Crippen LogP contribution in [0.4, 0.5) is 16.2 Å². The van der Waals surface area contributed by atoms with Gasteiger partial charge in [-0.3, -0.25) is 0 Å². The minimum Gasteiger partial charge on any atom is -0.492 e. The lowest BCUT2D eigenvalue weighted by Crippen LogP contribution is -2.37. The molecule has 1 saturated heterocycles. The zero-order chi connectivity index (χ0) is 19.8. The van der Waals surface area contributed by atoms with Crippen molar-refractivity contribution in [2.24, 2.45) is 0 Å². The third kappa shape index (κ3) is 6.02. The Morgan fingerprint density at radius 3 is 2.79 bits per heavy atom. The van der Waals surface area contributed by atoms with Crippen molar-refractivity contribution in [3.05, 3.63) is 52.0 Å². The second kappa shape index (κ2) is 10.5. The molecular weight excluding hydrogens is 446 g/mol. The van der Waals surface area contributed by atoms with Crippen LogP contribution in [0.1, 0.15) is 6.42 Å². The van der Waals surface area contributed by atoms with E-state index >= 15 is 0 Å². The molecule has 0 radical (unpaired) electrons. The molecule has 28 heavy (non-hydrogen) atoms. The average molecular weight is 469 g/mol. The summed E-state index contributed by atoms with van der Waals surface area (Å²) in [5, 5.41) is 6.35. The van der Waals surface area contributed by atoms with Gasteiger partial charge in [0.2, 0.25) is 0 Å². The van der Waals surface area contributed by atoms with Gasteiger partial charge in [-0.05, 0) is 36.8 Å². The molecule has 2 aromatic rings. The second-order valence-corrected chi connectivity index (χ2v) is 7.60. The van der Waals surface area contributed by atoms with Gasteiger partial charge in [-0.15, -0.1) is 0 Å². The van der Waals surface area contributed by atoms with Crippen molar-refractivity contribution in [1.82, 2.24) is 5.32 Å². The molecule has 0 unspecified atom stereocenters. The van der Waals surface area contributed by atoms with E-state index in [9.17, 15) is 4.79 Å². The molecule has 3 rings (SSSR count). The summed E-state index contributed by atoms with van der Waals surface area (Å²) in [6, 6.07) is 13.0. The van der Waals surface area contributed by atoms with Crippen molar-refractivity contribution in [2.45, 2.75) is 6.42 Å². The number of urea groups is 1. The van der Waals surface area contributed by atoms with Gasteiger partial charge in [-0.1, -0.05) is 39.7 Å². The Kier molecular flexibility index (Phi) is 7.82. The Bertz CT molecular complexity index is 800. The lowest BCUT2D eigenvalue weighted by atomic mass is 10.2. The van der Waals surface area contributed by atoms with Crippen LogP contribution in [0, 0.1) is 0 Å². The summed E-state index contributed by atoms with van der Waals surface area (Å²) in [7, 11) is 0. The number of halogens is 2. The molecule has 0 saturated carbocycles. The first-order chi connectivity index (χ1) is 13.6. The number of nitrogens with zero attached hydrogens (tertiary/aromatic N) is 1. The lowest BCUT2D eigenvalue weighted by molar-refractivity contribution is 0.123. The SMILES string of the molecule is O=C(NCCCOc1ccc(Br)cc1Cl)Nc1ccccc1N1CCOCC1. The number of hydrogen-bond donors (Lipinski definition) is 2. The number of hydrogen-bond acceptors (Lipinski definition) is 4. The Morgan fingerprint density at radius 1 is 1.21 bits per heavy atom. The first-order valence-corrected chi connectivity index (χ1v) is 10.3. The number of anilines is 2. The summed E-state index contributed by atoms with van der Waals surface area (Å²) < 4.78 is 12.0. The fraction of sp³-hybridized carbons (Fsp3) is 0.350. The van der Waals surface area contributed by atoms with Crippen LogP contribution in [-0.4, -0.2) is 45.5 Å². The standard InChI is InChI=1S/C20H23BrClN3O3/c21-15-6-7-19(16(22)14-15)28-11-3-8-23-20(26)24-17-4-1-2-5-18(17)25-9-12-27-13-10-25/h1-2,4-7,14H,3,8-13H2,(H2,23,24,26). The number of carbonyl (C=O) groups excluding carboxylic acids is 1. The minimum absolute atomic E-state index is 0.234. The average Bonchev–Trinajstić information content (AvgIpc) is 2.70. The zero-order valence-corrected chi connectivity index (χ0v) is 17.8. The van der Waals surface area contributed by atoms with Crippen molar-refractivity contribution in [3.63, 3.8) is 0 Å². The van der Waals surface area contributed by atoms with Gasteiger partial charge in [0.1, 0.15) is 5.75 Å². The third-order valence-electron chi connectivity index (χ3n) is 4.26. The molecule has 1 fully saturated rings. The zero-order valence-electron chi connectivity index (χ0n) is 15.4. The quantitative estimate of drug-likeness (QED) is 0.586. The summed E-state index contributed by atoms with van der Waals surface area (Å²) in [5.74, 6) is 0.633. The highest BCUT2D eigenvalue weighted by molar-refractivity contribution is 9.10. The third-order valence-corrected chi connectivity index (χ3v) is 5.05. The van der Waals surface area contributed by atoms with Crippen molar-refractivity contribution in [3.8, 4) is 5.75 Å². The van der Waals surface area contributed by atoms with Crippen LogP contribution in [0.2, 0.25) is 5.02 Å². The molecule has 1 aliphatic heterocycles. The van der Waals surface area contributed by atoms with Crippen LogP contribution in [0.3, 0.4) is 0 Å². The van der Waals surface area contributed by atoms with Gasteiger partial charge in [0.05, 0.1) is 36.2 Å². The Morgan fingerprint density at radius 2 is 2.00 bits per heavy atom. The van der Waals surface area contributed by atoms with Crippen molar-refractivity contribution < 1.29 is 14.3 Å². The molecular formula is C20H23BrClN3O3. The first-order valence-electron chi connectivity index (χ1n) is 9.18. The molecule has 0 spiro atoms. The normalized spacial score (nSPS) is 13.9. The second-order valence-electron chi connectivity index (χ2n) is 6.27. The molecule has 0 bridgehead atoms. The Balaban J connectivity index is 1.42. The van der Waals surface area contributed by atoms with Crippen molar-refractivity contribution >= 4 is 44.9 Å². The van der Waals surface area contributed by atoms with Crippen LogP contribution in [-0.2, 0) is 4.74 Å². The van der Waals surface area contributed by atoms with Crippen molar-refractivity contribution in [2.75, 3.05) is 49.7 Å². The van der Waals surface area contributed by atoms with Gasteiger partial charge in [0.15, 0.2) is 0 Å². The van der Waals surface area contributed by atoms with E-state index in [0.29, 0.717) is 43.6 Å². The molecule has 0 aliphatic carbocycles. The van der Waals surface area contributed by atoms with Gasteiger partial charge in [0.25, 0.3) is 0 Å². The van der Waals surface area contributed by atoms with Gasteiger partial charge in [0, 0.05) is 24.1 Å². The van der Waals surface area contributed by atoms with Crippen LogP contribution in [0.25, 0.3) is 0 Å². The van der Waals surface area contributed by atoms with Crippen LogP contribution < -0.4 is 20.3 Å². The van der Waals surface area contributed by atoms with Gasteiger partial charge < -0.3 is 25.0 Å². The van der Waals surface area contributed by atoms with Crippen LogP contribution >= 0.6 is 27.5 Å². The van der Waals surface area contributed by atoms with Gasteiger partial charge >= 0.3 is 6.03 Å². The summed E-state index contributed by atoms with van der Waals surface area (Å²) in [4.78, 5) is 14.5. The monoisotopic (exact) mass is 467 g/mol. The number of amides is 2. The molecule has 6 nitrogen and oxygen atoms in total. The van der Waals surface area contributed by atoms with E-state index in [1.165, 1.54) is 0 Å². The summed E-state index contributed by atoms with van der Waals surface area (Å²) >= 11 is 9.47. The van der Waals surface area contributed by atoms with Crippen LogP contribution in [0.5, 0.6) is 5.75 Å².